The van der Waals surface area contributed by atoms with Crippen molar-refractivity contribution in [3.8, 4) is 0 Å². The van der Waals surface area contributed by atoms with E-state index in [1.165, 1.54) is 75.9 Å². The van der Waals surface area contributed by atoms with Gasteiger partial charge in [0.15, 0.2) is 0 Å². The van der Waals surface area contributed by atoms with Gasteiger partial charge in [0, 0.05) is 17.8 Å². The van der Waals surface area contributed by atoms with Crippen molar-refractivity contribution in [1.82, 2.24) is 14.9 Å². The number of imidazole rings is 1. The first-order valence-electron chi connectivity index (χ1n) is 8.59. The SMILES string of the molecule is CCCNC1CCCC(n2c(C)nc3c2CCCC3)C1. The van der Waals surface area contributed by atoms with Crippen LogP contribution in [-0.2, 0) is 12.8 Å². The Kier molecular flexibility index (Phi) is 4.45. The lowest BCUT2D eigenvalue weighted by Crippen LogP contribution is -2.36. The molecule has 0 amide bonds. The zero-order valence-corrected chi connectivity index (χ0v) is 13.1. The Morgan fingerprint density at radius 2 is 2.05 bits per heavy atom. The second-order valence-electron chi connectivity index (χ2n) is 6.60. The van der Waals surface area contributed by atoms with Crippen molar-refractivity contribution in [3.63, 3.8) is 0 Å². The highest BCUT2D eigenvalue weighted by Crippen LogP contribution is 2.33. The van der Waals surface area contributed by atoms with Gasteiger partial charge in [0.2, 0.25) is 0 Å². The molecule has 0 aromatic carbocycles. The van der Waals surface area contributed by atoms with Gasteiger partial charge < -0.3 is 9.88 Å². The third kappa shape index (κ3) is 2.78. The van der Waals surface area contributed by atoms with Crippen LogP contribution in [0.2, 0.25) is 0 Å². The van der Waals surface area contributed by atoms with Crippen molar-refractivity contribution in [3.05, 3.63) is 17.2 Å². The molecule has 0 aliphatic heterocycles. The molecule has 20 heavy (non-hydrogen) atoms. The molecular formula is C17H29N3. The van der Waals surface area contributed by atoms with Crippen LogP contribution >= 0.6 is 0 Å². The second kappa shape index (κ2) is 6.30. The van der Waals surface area contributed by atoms with Gasteiger partial charge >= 0.3 is 0 Å². The Balaban J connectivity index is 1.76. The van der Waals surface area contributed by atoms with E-state index >= 15 is 0 Å². The van der Waals surface area contributed by atoms with Gasteiger partial charge in [0.1, 0.15) is 5.82 Å². The smallest absolute Gasteiger partial charge is 0.106 e. The van der Waals surface area contributed by atoms with Gasteiger partial charge in [0.05, 0.1) is 5.69 Å². The number of hydrogen-bond donors (Lipinski definition) is 1. The maximum absolute atomic E-state index is 4.86. The van der Waals surface area contributed by atoms with Gasteiger partial charge in [-0.25, -0.2) is 4.98 Å². The van der Waals surface area contributed by atoms with Crippen LogP contribution in [0.5, 0.6) is 0 Å². The minimum atomic E-state index is 0.687. The highest BCUT2D eigenvalue weighted by atomic mass is 15.1. The Hall–Kier alpha value is -0.830. The Bertz CT molecular complexity index is 449. The minimum absolute atomic E-state index is 0.687. The second-order valence-corrected chi connectivity index (χ2v) is 6.60. The van der Waals surface area contributed by atoms with E-state index < -0.39 is 0 Å². The molecule has 2 aliphatic carbocycles. The van der Waals surface area contributed by atoms with Crippen molar-refractivity contribution in [2.24, 2.45) is 0 Å². The molecule has 1 fully saturated rings. The van der Waals surface area contributed by atoms with Crippen molar-refractivity contribution in [2.45, 2.75) is 83.7 Å². The van der Waals surface area contributed by atoms with Gasteiger partial charge in [0.25, 0.3) is 0 Å². The molecule has 3 rings (SSSR count). The quantitative estimate of drug-likeness (QED) is 0.910. The molecule has 1 aromatic heterocycles. The fraction of sp³-hybridized carbons (Fsp3) is 0.824. The molecule has 1 N–H and O–H groups in total. The lowest BCUT2D eigenvalue weighted by atomic mass is 9.89. The molecule has 2 atom stereocenters. The van der Waals surface area contributed by atoms with Crippen LogP contribution in [0, 0.1) is 6.92 Å². The maximum Gasteiger partial charge on any atom is 0.106 e. The first-order valence-corrected chi connectivity index (χ1v) is 8.59. The van der Waals surface area contributed by atoms with Crippen molar-refractivity contribution >= 4 is 0 Å². The van der Waals surface area contributed by atoms with E-state index in [1.54, 1.807) is 5.69 Å². The van der Waals surface area contributed by atoms with Crippen LogP contribution in [0.3, 0.4) is 0 Å². The highest BCUT2D eigenvalue weighted by Gasteiger charge is 2.27. The molecule has 1 heterocycles. The lowest BCUT2D eigenvalue weighted by Gasteiger charge is -2.33. The summed E-state index contributed by atoms with van der Waals surface area (Å²) in [7, 11) is 0. The van der Waals surface area contributed by atoms with E-state index in [0.717, 1.165) is 6.04 Å². The molecule has 0 saturated heterocycles. The van der Waals surface area contributed by atoms with Gasteiger partial charge in [-0.05, 0) is 71.3 Å². The fourth-order valence-electron chi connectivity index (χ4n) is 4.11. The summed E-state index contributed by atoms with van der Waals surface area (Å²) >= 11 is 0. The number of hydrogen-bond acceptors (Lipinski definition) is 2. The number of fused-ring (bicyclic) bond motifs is 1. The van der Waals surface area contributed by atoms with E-state index in [4.69, 9.17) is 4.98 Å². The van der Waals surface area contributed by atoms with E-state index in [2.05, 4.69) is 23.7 Å². The van der Waals surface area contributed by atoms with E-state index in [1.807, 2.05) is 0 Å². The predicted octanol–water partition coefficient (Wildman–Crippen LogP) is 3.55. The van der Waals surface area contributed by atoms with Crippen LogP contribution in [0.1, 0.15) is 75.1 Å². The third-order valence-electron chi connectivity index (χ3n) is 5.04. The fourth-order valence-corrected chi connectivity index (χ4v) is 4.11. The van der Waals surface area contributed by atoms with Crippen LogP contribution in [0.15, 0.2) is 0 Å². The topological polar surface area (TPSA) is 29.9 Å². The zero-order valence-electron chi connectivity index (χ0n) is 13.1. The summed E-state index contributed by atoms with van der Waals surface area (Å²) in [5.41, 5.74) is 2.97. The molecule has 0 radical (unpaired) electrons. The molecule has 1 aromatic rings. The Labute approximate surface area is 123 Å². The van der Waals surface area contributed by atoms with Crippen LogP contribution in [0.4, 0.5) is 0 Å². The molecule has 0 bridgehead atoms. The average molecular weight is 275 g/mol. The Morgan fingerprint density at radius 3 is 2.90 bits per heavy atom. The summed E-state index contributed by atoms with van der Waals surface area (Å²) in [5, 5.41) is 3.73. The maximum atomic E-state index is 4.86. The molecule has 1 saturated carbocycles. The Morgan fingerprint density at radius 1 is 1.20 bits per heavy atom. The highest BCUT2D eigenvalue weighted by molar-refractivity contribution is 5.21. The van der Waals surface area contributed by atoms with Crippen LogP contribution in [-0.4, -0.2) is 22.1 Å². The minimum Gasteiger partial charge on any atom is -0.329 e. The summed E-state index contributed by atoms with van der Waals surface area (Å²) in [5.74, 6) is 1.26. The van der Waals surface area contributed by atoms with Gasteiger partial charge in [-0.2, -0.15) is 0 Å². The first-order chi connectivity index (χ1) is 9.79. The monoisotopic (exact) mass is 275 g/mol. The number of aryl methyl sites for hydroxylation is 2. The summed E-state index contributed by atoms with van der Waals surface area (Å²) in [4.78, 5) is 4.86. The molecule has 112 valence electrons. The average Bonchev–Trinajstić information content (AvgIpc) is 2.81. The van der Waals surface area contributed by atoms with Gasteiger partial charge in [-0.15, -0.1) is 0 Å². The normalized spacial score (nSPS) is 26.5. The molecule has 2 aliphatic rings. The third-order valence-corrected chi connectivity index (χ3v) is 5.04. The number of nitrogens with one attached hydrogen (secondary N) is 1. The van der Waals surface area contributed by atoms with Gasteiger partial charge in [-0.3, -0.25) is 0 Å². The molecule has 3 heteroatoms. The van der Waals surface area contributed by atoms with Gasteiger partial charge in [-0.1, -0.05) is 6.92 Å². The number of rotatable bonds is 4. The van der Waals surface area contributed by atoms with Crippen molar-refractivity contribution < 1.29 is 0 Å². The number of aromatic nitrogens is 2. The zero-order chi connectivity index (χ0) is 13.9. The molecule has 2 unspecified atom stereocenters. The molecule has 0 spiro atoms. The molecule has 3 nitrogen and oxygen atoms in total. The van der Waals surface area contributed by atoms with Crippen LogP contribution in [0.25, 0.3) is 0 Å². The summed E-state index contributed by atoms with van der Waals surface area (Å²) in [6, 6.07) is 1.40. The van der Waals surface area contributed by atoms with E-state index in [0.29, 0.717) is 6.04 Å². The van der Waals surface area contributed by atoms with E-state index in [-0.39, 0.29) is 0 Å². The summed E-state index contributed by atoms with van der Waals surface area (Å²) in [6.45, 7) is 5.63. The molecular weight excluding hydrogens is 246 g/mol. The van der Waals surface area contributed by atoms with Crippen molar-refractivity contribution in [2.75, 3.05) is 6.54 Å². The predicted molar refractivity (Wildman–Crippen MR) is 83.2 cm³/mol. The van der Waals surface area contributed by atoms with Crippen molar-refractivity contribution in [1.29, 1.82) is 0 Å². The summed E-state index contributed by atoms with van der Waals surface area (Å²) < 4.78 is 2.61. The first kappa shape index (κ1) is 14.1. The standard InChI is InChI=1S/C17H29N3/c1-3-11-18-14-7-6-8-15(12-14)20-13(2)19-16-9-4-5-10-17(16)20/h14-15,18H,3-12H2,1-2H3. The number of nitrogens with zero attached hydrogens (tertiary/aromatic N) is 2. The summed E-state index contributed by atoms with van der Waals surface area (Å²) in [6.07, 6.45) is 11.7. The largest absolute Gasteiger partial charge is 0.329 e. The van der Waals surface area contributed by atoms with E-state index in [9.17, 15) is 0 Å². The van der Waals surface area contributed by atoms with Crippen LogP contribution < -0.4 is 5.32 Å². The lowest BCUT2D eigenvalue weighted by molar-refractivity contribution is 0.277.